The lowest BCUT2D eigenvalue weighted by Gasteiger charge is -2.06. The van der Waals surface area contributed by atoms with Gasteiger partial charge in [-0.2, -0.15) is 0 Å². The van der Waals surface area contributed by atoms with Crippen molar-refractivity contribution in [2.24, 2.45) is 5.92 Å². The van der Waals surface area contributed by atoms with Crippen molar-refractivity contribution in [2.75, 3.05) is 0 Å². The average molecular weight is 259 g/mol. The first-order valence-electron chi connectivity index (χ1n) is 4.22. The van der Waals surface area contributed by atoms with Crippen molar-refractivity contribution in [1.82, 2.24) is 0 Å². The summed E-state index contributed by atoms with van der Waals surface area (Å²) in [5, 5.41) is 8.67. The Labute approximate surface area is 88.9 Å². The Morgan fingerprint density at radius 2 is 2.36 bits per heavy atom. The van der Waals surface area contributed by atoms with Crippen LogP contribution in [0.1, 0.15) is 12.0 Å². The van der Waals surface area contributed by atoms with Crippen LogP contribution >= 0.6 is 15.9 Å². The summed E-state index contributed by atoms with van der Waals surface area (Å²) in [5.41, 5.74) is -1.21. The second kappa shape index (κ2) is 3.05. The number of hydrogen-bond acceptors (Lipinski definition) is 1. The monoisotopic (exact) mass is 258 g/mol. The van der Waals surface area contributed by atoms with Gasteiger partial charge in [-0.25, -0.2) is 4.39 Å². The third-order valence-electron chi connectivity index (χ3n) is 2.50. The molecule has 0 radical (unpaired) electrons. The minimum Gasteiger partial charge on any atom is -0.481 e. The zero-order chi connectivity index (χ0) is 10.3. The molecule has 0 aliphatic heterocycles. The number of alkyl halides is 1. The Bertz CT molecular complexity index is 393. The first kappa shape index (κ1) is 9.65. The molecule has 2 rings (SSSR count). The highest BCUT2D eigenvalue weighted by atomic mass is 79.9. The Morgan fingerprint density at radius 1 is 1.64 bits per heavy atom. The summed E-state index contributed by atoms with van der Waals surface area (Å²) in [5.74, 6) is -1.94. The molecule has 14 heavy (non-hydrogen) atoms. The number of aliphatic carboxylic acids is 1. The smallest absolute Gasteiger partial charge is 0.310 e. The summed E-state index contributed by atoms with van der Waals surface area (Å²) in [6.45, 7) is 0. The van der Waals surface area contributed by atoms with Gasteiger partial charge in [0.05, 0.1) is 5.92 Å². The van der Waals surface area contributed by atoms with Crippen LogP contribution in [0.5, 0.6) is 0 Å². The number of rotatable bonds is 2. The van der Waals surface area contributed by atoms with E-state index in [9.17, 15) is 9.18 Å². The molecular formula is C10H8BrFO2. The summed E-state index contributed by atoms with van der Waals surface area (Å²) >= 11 is 3.23. The van der Waals surface area contributed by atoms with Crippen molar-refractivity contribution in [3.05, 3.63) is 34.3 Å². The standard InChI is InChI=1S/C10H8BrFO2/c11-7-3-1-2-6(4-7)10(12)5-8(10)9(13)14/h1-4,8H,5H2,(H,13,14)/t8-,10+/m0/s1. The number of carboxylic acid groups (broad SMARTS) is 1. The first-order valence-corrected chi connectivity index (χ1v) is 5.01. The maximum absolute atomic E-state index is 13.9. The van der Waals surface area contributed by atoms with Crippen LogP contribution in [0.15, 0.2) is 28.7 Å². The van der Waals surface area contributed by atoms with E-state index in [-0.39, 0.29) is 6.42 Å². The molecule has 1 aromatic rings. The van der Waals surface area contributed by atoms with Crippen molar-refractivity contribution >= 4 is 21.9 Å². The molecule has 0 aromatic heterocycles. The zero-order valence-corrected chi connectivity index (χ0v) is 8.79. The van der Waals surface area contributed by atoms with Crippen LogP contribution in [-0.2, 0) is 10.5 Å². The molecule has 1 aromatic carbocycles. The van der Waals surface area contributed by atoms with Gasteiger partial charge in [-0.15, -0.1) is 0 Å². The molecule has 0 spiro atoms. The van der Waals surface area contributed by atoms with Crippen molar-refractivity contribution in [3.63, 3.8) is 0 Å². The molecule has 0 heterocycles. The summed E-state index contributed by atoms with van der Waals surface area (Å²) in [6, 6.07) is 6.74. The average Bonchev–Trinajstić information content (AvgIpc) is 2.80. The van der Waals surface area contributed by atoms with Crippen molar-refractivity contribution < 1.29 is 14.3 Å². The minimum atomic E-state index is -1.66. The Morgan fingerprint density at radius 3 is 2.86 bits per heavy atom. The van der Waals surface area contributed by atoms with E-state index in [2.05, 4.69) is 15.9 Å². The Kier molecular flexibility index (Phi) is 2.10. The van der Waals surface area contributed by atoms with Crippen LogP contribution in [0, 0.1) is 5.92 Å². The van der Waals surface area contributed by atoms with Gasteiger partial charge in [0, 0.05) is 10.9 Å². The van der Waals surface area contributed by atoms with Gasteiger partial charge in [0.1, 0.15) is 5.67 Å². The molecular weight excluding hydrogens is 251 g/mol. The molecule has 0 amide bonds. The summed E-state index contributed by atoms with van der Waals surface area (Å²) < 4.78 is 14.7. The second-order valence-electron chi connectivity index (χ2n) is 3.47. The molecule has 4 heteroatoms. The molecule has 2 atom stereocenters. The van der Waals surface area contributed by atoms with E-state index in [4.69, 9.17) is 5.11 Å². The lowest BCUT2D eigenvalue weighted by molar-refractivity contribution is -0.139. The zero-order valence-electron chi connectivity index (χ0n) is 7.21. The Hall–Kier alpha value is -0.900. The predicted octanol–water partition coefficient (Wildman–Crippen LogP) is 2.72. The highest BCUT2D eigenvalue weighted by Crippen LogP contribution is 2.55. The van der Waals surface area contributed by atoms with E-state index < -0.39 is 17.6 Å². The van der Waals surface area contributed by atoms with E-state index in [0.29, 0.717) is 5.56 Å². The van der Waals surface area contributed by atoms with Gasteiger partial charge in [-0.3, -0.25) is 4.79 Å². The van der Waals surface area contributed by atoms with E-state index >= 15 is 0 Å². The number of hydrogen-bond donors (Lipinski definition) is 1. The molecule has 0 saturated heterocycles. The predicted molar refractivity (Wildman–Crippen MR) is 52.7 cm³/mol. The minimum absolute atomic E-state index is 0.0821. The SMILES string of the molecule is O=C(O)[C@@H]1C[C@@]1(F)c1cccc(Br)c1. The normalized spacial score (nSPS) is 30.0. The molecule has 0 unspecified atom stereocenters. The summed E-state index contributed by atoms with van der Waals surface area (Å²) in [7, 11) is 0. The topological polar surface area (TPSA) is 37.3 Å². The van der Waals surface area contributed by atoms with Gasteiger partial charge in [0.2, 0.25) is 0 Å². The third kappa shape index (κ3) is 1.43. The maximum atomic E-state index is 13.9. The number of carbonyl (C=O) groups is 1. The molecule has 0 bridgehead atoms. The van der Waals surface area contributed by atoms with Crippen molar-refractivity contribution in [3.8, 4) is 0 Å². The van der Waals surface area contributed by atoms with E-state index in [0.717, 1.165) is 4.47 Å². The van der Waals surface area contributed by atoms with E-state index in [1.165, 1.54) is 0 Å². The van der Waals surface area contributed by atoms with Crippen molar-refractivity contribution in [2.45, 2.75) is 12.1 Å². The fourth-order valence-electron chi connectivity index (χ4n) is 1.59. The fourth-order valence-corrected chi connectivity index (χ4v) is 1.99. The van der Waals surface area contributed by atoms with Crippen LogP contribution in [0.3, 0.4) is 0 Å². The first-order chi connectivity index (χ1) is 6.54. The lowest BCUT2D eigenvalue weighted by atomic mass is 10.1. The van der Waals surface area contributed by atoms with E-state index in [1.54, 1.807) is 24.3 Å². The van der Waals surface area contributed by atoms with Gasteiger partial charge in [-0.1, -0.05) is 28.1 Å². The quantitative estimate of drug-likeness (QED) is 0.886. The largest absolute Gasteiger partial charge is 0.481 e. The van der Waals surface area contributed by atoms with Gasteiger partial charge in [0.15, 0.2) is 0 Å². The third-order valence-corrected chi connectivity index (χ3v) is 2.99. The number of benzene rings is 1. The van der Waals surface area contributed by atoms with Gasteiger partial charge >= 0.3 is 5.97 Å². The lowest BCUT2D eigenvalue weighted by Crippen LogP contribution is -2.09. The van der Waals surface area contributed by atoms with Gasteiger partial charge in [-0.05, 0) is 17.7 Å². The van der Waals surface area contributed by atoms with Crippen LogP contribution in [0.25, 0.3) is 0 Å². The Balaban J connectivity index is 2.30. The maximum Gasteiger partial charge on any atom is 0.310 e. The summed E-state index contributed by atoms with van der Waals surface area (Å²) in [6.07, 6.45) is 0.0821. The number of carboxylic acids is 1. The molecule has 74 valence electrons. The molecule has 1 N–H and O–H groups in total. The molecule has 1 saturated carbocycles. The molecule has 1 aliphatic carbocycles. The van der Waals surface area contributed by atoms with Gasteiger partial charge < -0.3 is 5.11 Å². The van der Waals surface area contributed by atoms with Crippen LogP contribution in [0.2, 0.25) is 0 Å². The van der Waals surface area contributed by atoms with Crippen molar-refractivity contribution in [1.29, 1.82) is 0 Å². The fraction of sp³-hybridized carbons (Fsp3) is 0.300. The van der Waals surface area contributed by atoms with Crippen LogP contribution in [0.4, 0.5) is 4.39 Å². The van der Waals surface area contributed by atoms with Gasteiger partial charge in [0.25, 0.3) is 0 Å². The summed E-state index contributed by atoms with van der Waals surface area (Å²) in [4.78, 5) is 10.6. The molecule has 1 aliphatic rings. The van der Waals surface area contributed by atoms with Crippen LogP contribution < -0.4 is 0 Å². The number of halogens is 2. The second-order valence-corrected chi connectivity index (χ2v) is 4.38. The highest BCUT2D eigenvalue weighted by Gasteiger charge is 2.61. The molecule has 1 fully saturated rings. The van der Waals surface area contributed by atoms with Crippen LogP contribution in [-0.4, -0.2) is 11.1 Å². The molecule has 2 nitrogen and oxygen atoms in total. The highest BCUT2D eigenvalue weighted by molar-refractivity contribution is 9.10. The van der Waals surface area contributed by atoms with E-state index in [1.807, 2.05) is 0 Å².